The minimum atomic E-state index is -0.606. The summed E-state index contributed by atoms with van der Waals surface area (Å²) in [6.45, 7) is 3.87. The summed E-state index contributed by atoms with van der Waals surface area (Å²) in [7, 11) is 0. The Hall–Kier alpha value is -2.36. The standard InChI is InChI=1S/C17H15F2NO/c1-10-15-5-3-4-6-16(15)21-17(10)11(2)20-14-8-12(18)7-13(19)9-14/h3-9,11,20H,1-2H3. The Morgan fingerprint density at radius 2 is 1.71 bits per heavy atom. The molecule has 4 heteroatoms. The smallest absolute Gasteiger partial charge is 0.134 e. The van der Waals surface area contributed by atoms with Gasteiger partial charge in [-0.1, -0.05) is 18.2 Å². The molecule has 0 amide bonds. The van der Waals surface area contributed by atoms with Crippen LogP contribution in [0, 0.1) is 18.6 Å². The third-order valence-electron chi connectivity index (χ3n) is 3.52. The number of fused-ring (bicyclic) bond motifs is 1. The monoisotopic (exact) mass is 287 g/mol. The van der Waals surface area contributed by atoms with E-state index < -0.39 is 11.6 Å². The van der Waals surface area contributed by atoms with E-state index in [-0.39, 0.29) is 6.04 Å². The first-order valence-electron chi connectivity index (χ1n) is 6.75. The Morgan fingerprint density at radius 3 is 2.38 bits per heavy atom. The van der Waals surface area contributed by atoms with Crippen molar-refractivity contribution in [2.75, 3.05) is 5.32 Å². The van der Waals surface area contributed by atoms with Crippen molar-refractivity contribution in [2.45, 2.75) is 19.9 Å². The van der Waals surface area contributed by atoms with Crippen molar-refractivity contribution in [3.05, 3.63) is 65.4 Å². The number of anilines is 1. The summed E-state index contributed by atoms with van der Waals surface area (Å²) >= 11 is 0. The third-order valence-corrected chi connectivity index (χ3v) is 3.52. The Bertz CT molecular complexity index is 774. The zero-order chi connectivity index (χ0) is 15.0. The molecule has 0 aliphatic rings. The molecule has 0 bridgehead atoms. The Morgan fingerprint density at radius 1 is 1.05 bits per heavy atom. The van der Waals surface area contributed by atoms with Crippen LogP contribution < -0.4 is 5.32 Å². The van der Waals surface area contributed by atoms with Gasteiger partial charge >= 0.3 is 0 Å². The van der Waals surface area contributed by atoms with Gasteiger partial charge in [-0.05, 0) is 32.0 Å². The second kappa shape index (κ2) is 5.20. The lowest BCUT2D eigenvalue weighted by atomic mass is 10.1. The van der Waals surface area contributed by atoms with Crippen LogP contribution in [0.15, 0.2) is 46.9 Å². The normalized spacial score (nSPS) is 12.6. The minimum absolute atomic E-state index is 0.196. The van der Waals surface area contributed by atoms with Crippen LogP contribution in [0.5, 0.6) is 0 Å². The summed E-state index contributed by atoms with van der Waals surface area (Å²) in [5.41, 5.74) is 2.23. The molecule has 0 aliphatic carbocycles. The molecule has 108 valence electrons. The van der Waals surface area contributed by atoms with Crippen LogP contribution in [0.2, 0.25) is 0 Å². The summed E-state index contributed by atoms with van der Waals surface area (Å²) in [5.74, 6) is -0.446. The van der Waals surface area contributed by atoms with Crippen LogP contribution in [0.25, 0.3) is 11.0 Å². The van der Waals surface area contributed by atoms with Crippen LogP contribution in [-0.2, 0) is 0 Å². The lowest BCUT2D eigenvalue weighted by Gasteiger charge is -2.14. The lowest BCUT2D eigenvalue weighted by Crippen LogP contribution is -2.07. The van der Waals surface area contributed by atoms with Gasteiger partial charge in [-0.25, -0.2) is 8.78 Å². The van der Waals surface area contributed by atoms with Gasteiger partial charge in [-0.2, -0.15) is 0 Å². The van der Waals surface area contributed by atoms with E-state index in [0.717, 1.165) is 28.4 Å². The molecule has 1 N–H and O–H groups in total. The maximum Gasteiger partial charge on any atom is 0.134 e. The van der Waals surface area contributed by atoms with Crippen molar-refractivity contribution in [1.29, 1.82) is 0 Å². The van der Waals surface area contributed by atoms with E-state index in [1.54, 1.807) is 0 Å². The fourth-order valence-electron chi connectivity index (χ4n) is 2.56. The number of rotatable bonds is 3. The molecule has 0 spiro atoms. The number of benzene rings is 2. The van der Waals surface area contributed by atoms with Crippen LogP contribution in [0.4, 0.5) is 14.5 Å². The molecular weight excluding hydrogens is 272 g/mol. The first-order chi connectivity index (χ1) is 10.0. The first-order valence-corrected chi connectivity index (χ1v) is 6.75. The van der Waals surface area contributed by atoms with Gasteiger partial charge in [0.15, 0.2) is 0 Å². The molecule has 0 saturated carbocycles. The number of halogens is 2. The van der Waals surface area contributed by atoms with Gasteiger partial charge in [0.05, 0.1) is 6.04 Å². The number of aryl methyl sites for hydroxylation is 1. The predicted molar refractivity (Wildman–Crippen MR) is 79.3 cm³/mol. The molecule has 1 aromatic heterocycles. The molecule has 2 aromatic carbocycles. The number of para-hydroxylation sites is 1. The van der Waals surface area contributed by atoms with Crippen molar-refractivity contribution in [3.8, 4) is 0 Å². The molecule has 2 nitrogen and oxygen atoms in total. The maximum absolute atomic E-state index is 13.2. The van der Waals surface area contributed by atoms with Crippen molar-refractivity contribution < 1.29 is 13.2 Å². The van der Waals surface area contributed by atoms with Crippen LogP contribution in [0.3, 0.4) is 0 Å². The molecule has 1 atom stereocenters. The summed E-state index contributed by atoms with van der Waals surface area (Å²) < 4.78 is 32.3. The van der Waals surface area contributed by atoms with E-state index in [2.05, 4.69) is 5.32 Å². The summed E-state index contributed by atoms with van der Waals surface area (Å²) in [6, 6.07) is 10.9. The van der Waals surface area contributed by atoms with E-state index in [4.69, 9.17) is 4.42 Å². The van der Waals surface area contributed by atoms with Crippen LogP contribution in [-0.4, -0.2) is 0 Å². The number of hydrogen-bond donors (Lipinski definition) is 1. The van der Waals surface area contributed by atoms with Gasteiger partial charge in [-0.3, -0.25) is 0 Å². The minimum Gasteiger partial charge on any atom is -0.459 e. The summed E-state index contributed by atoms with van der Waals surface area (Å²) in [5, 5.41) is 4.12. The van der Waals surface area contributed by atoms with Gasteiger partial charge < -0.3 is 9.73 Å². The third kappa shape index (κ3) is 2.61. The first kappa shape index (κ1) is 13.6. The number of furan rings is 1. The number of nitrogens with one attached hydrogen (secondary N) is 1. The molecule has 1 heterocycles. The molecule has 1 unspecified atom stereocenters. The second-order valence-electron chi connectivity index (χ2n) is 5.11. The molecule has 21 heavy (non-hydrogen) atoms. The highest BCUT2D eigenvalue weighted by Gasteiger charge is 2.16. The number of hydrogen-bond acceptors (Lipinski definition) is 2. The van der Waals surface area contributed by atoms with E-state index >= 15 is 0 Å². The highest BCUT2D eigenvalue weighted by Crippen LogP contribution is 2.31. The Kier molecular flexibility index (Phi) is 3.37. The van der Waals surface area contributed by atoms with Crippen molar-refractivity contribution in [1.82, 2.24) is 0 Å². The average Bonchev–Trinajstić information content (AvgIpc) is 2.76. The molecule has 0 fully saturated rings. The van der Waals surface area contributed by atoms with Gasteiger partial charge in [0, 0.05) is 22.7 Å². The average molecular weight is 287 g/mol. The maximum atomic E-state index is 13.2. The Labute approximate surface area is 121 Å². The van der Waals surface area contributed by atoms with Crippen molar-refractivity contribution >= 4 is 16.7 Å². The van der Waals surface area contributed by atoms with E-state index in [9.17, 15) is 8.78 Å². The highest BCUT2D eigenvalue weighted by atomic mass is 19.1. The molecule has 3 rings (SSSR count). The van der Waals surface area contributed by atoms with E-state index in [1.807, 2.05) is 38.1 Å². The van der Waals surface area contributed by atoms with Crippen molar-refractivity contribution in [3.63, 3.8) is 0 Å². The fourth-order valence-corrected chi connectivity index (χ4v) is 2.56. The predicted octanol–water partition coefficient (Wildman–Crippen LogP) is 5.19. The quantitative estimate of drug-likeness (QED) is 0.717. The van der Waals surface area contributed by atoms with Gasteiger partial charge in [0.2, 0.25) is 0 Å². The van der Waals surface area contributed by atoms with Gasteiger partial charge in [0.1, 0.15) is 23.0 Å². The zero-order valence-corrected chi connectivity index (χ0v) is 11.8. The zero-order valence-electron chi connectivity index (χ0n) is 11.8. The molecular formula is C17H15F2NO. The molecule has 0 saturated heterocycles. The molecule has 3 aromatic rings. The Balaban J connectivity index is 1.93. The summed E-state index contributed by atoms with van der Waals surface area (Å²) in [6.07, 6.45) is 0. The van der Waals surface area contributed by atoms with E-state index in [1.165, 1.54) is 12.1 Å². The molecule has 0 aliphatic heterocycles. The van der Waals surface area contributed by atoms with Crippen molar-refractivity contribution in [2.24, 2.45) is 0 Å². The highest BCUT2D eigenvalue weighted by molar-refractivity contribution is 5.82. The summed E-state index contributed by atoms with van der Waals surface area (Å²) in [4.78, 5) is 0. The van der Waals surface area contributed by atoms with Gasteiger partial charge in [0.25, 0.3) is 0 Å². The largest absolute Gasteiger partial charge is 0.459 e. The second-order valence-corrected chi connectivity index (χ2v) is 5.11. The van der Waals surface area contributed by atoms with Gasteiger partial charge in [-0.15, -0.1) is 0 Å². The SMILES string of the molecule is Cc1c(C(C)Nc2cc(F)cc(F)c2)oc2ccccc12. The fraction of sp³-hybridized carbons (Fsp3) is 0.176. The topological polar surface area (TPSA) is 25.2 Å². The van der Waals surface area contributed by atoms with Crippen LogP contribution in [0.1, 0.15) is 24.3 Å². The molecule has 0 radical (unpaired) electrons. The van der Waals surface area contributed by atoms with Crippen LogP contribution >= 0.6 is 0 Å². The van der Waals surface area contributed by atoms with E-state index in [0.29, 0.717) is 5.69 Å². The lowest BCUT2D eigenvalue weighted by molar-refractivity contribution is 0.521.